The van der Waals surface area contributed by atoms with Crippen LogP contribution in [-0.4, -0.2) is 10.9 Å². The molecule has 1 N–H and O–H groups in total. The molecule has 3 aromatic rings. The molecule has 0 aliphatic rings. The van der Waals surface area contributed by atoms with Gasteiger partial charge in [0.25, 0.3) is 0 Å². The van der Waals surface area contributed by atoms with Crippen LogP contribution in [0.4, 0.5) is 14.5 Å². The molecule has 6 heteroatoms. The Balaban J connectivity index is 1.53. The summed E-state index contributed by atoms with van der Waals surface area (Å²) in [7, 11) is 0. The number of amides is 1. The maximum Gasteiger partial charge on any atom is 0.248 e. The molecule has 136 valence electrons. The van der Waals surface area contributed by atoms with Gasteiger partial charge in [0, 0.05) is 24.0 Å². The summed E-state index contributed by atoms with van der Waals surface area (Å²) < 4.78 is 31.6. The van der Waals surface area contributed by atoms with Gasteiger partial charge in [0.2, 0.25) is 5.91 Å². The van der Waals surface area contributed by atoms with Crippen molar-refractivity contribution in [2.24, 2.45) is 0 Å². The van der Waals surface area contributed by atoms with Crippen LogP contribution in [0.2, 0.25) is 0 Å². The highest BCUT2D eigenvalue weighted by molar-refractivity contribution is 6.01. The Morgan fingerprint density at radius 1 is 1.04 bits per heavy atom. The third kappa shape index (κ3) is 5.47. The van der Waals surface area contributed by atoms with E-state index < -0.39 is 17.5 Å². The average Bonchev–Trinajstić information content (AvgIpc) is 2.69. The monoisotopic (exact) mass is 366 g/mol. The molecule has 27 heavy (non-hydrogen) atoms. The lowest BCUT2D eigenvalue weighted by Crippen LogP contribution is -2.08. The highest BCUT2D eigenvalue weighted by Crippen LogP contribution is 2.15. The molecule has 0 unspecified atom stereocenters. The van der Waals surface area contributed by atoms with Crippen LogP contribution < -0.4 is 10.1 Å². The number of hydrogen-bond acceptors (Lipinski definition) is 3. The van der Waals surface area contributed by atoms with Crippen LogP contribution in [0.5, 0.6) is 5.75 Å². The lowest BCUT2D eigenvalue weighted by molar-refractivity contribution is -0.111. The fraction of sp³-hybridized carbons (Fsp3) is 0.0476. The van der Waals surface area contributed by atoms with Crippen LogP contribution in [0, 0.1) is 11.6 Å². The molecule has 0 atom stereocenters. The van der Waals surface area contributed by atoms with Crippen molar-refractivity contribution in [1.82, 2.24) is 4.98 Å². The van der Waals surface area contributed by atoms with E-state index in [1.54, 1.807) is 36.5 Å². The number of ether oxygens (including phenoxy) is 1. The molecule has 0 saturated carbocycles. The minimum absolute atomic E-state index is 0.182. The zero-order chi connectivity index (χ0) is 19.1. The summed E-state index contributed by atoms with van der Waals surface area (Å²) in [5.41, 5.74) is 1.80. The second kappa shape index (κ2) is 8.71. The maximum absolute atomic E-state index is 13.1. The van der Waals surface area contributed by atoms with E-state index in [4.69, 9.17) is 4.74 Å². The molecule has 2 aromatic carbocycles. The summed E-state index contributed by atoms with van der Waals surface area (Å²) in [4.78, 5) is 16.0. The quantitative estimate of drug-likeness (QED) is 0.649. The van der Waals surface area contributed by atoms with Gasteiger partial charge in [-0.1, -0.05) is 18.2 Å². The van der Waals surface area contributed by atoms with Crippen molar-refractivity contribution >= 4 is 17.7 Å². The third-order valence-corrected chi connectivity index (χ3v) is 3.61. The predicted octanol–water partition coefficient (Wildman–Crippen LogP) is 4.59. The number of halogens is 2. The highest BCUT2D eigenvalue weighted by Gasteiger charge is 2.04. The van der Waals surface area contributed by atoms with E-state index in [2.05, 4.69) is 10.3 Å². The summed E-state index contributed by atoms with van der Waals surface area (Å²) in [5.74, 6) is -1.74. The first kappa shape index (κ1) is 18.3. The van der Waals surface area contributed by atoms with E-state index in [1.165, 1.54) is 12.1 Å². The largest absolute Gasteiger partial charge is 0.487 e. The summed E-state index contributed by atoms with van der Waals surface area (Å²) >= 11 is 0. The minimum atomic E-state index is -1.02. The van der Waals surface area contributed by atoms with Gasteiger partial charge in [0.1, 0.15) is 12.4 Å². The molecule has 4 nitrogen and oxygen atoms in total. The van der Waals surface area contributed by atoms with E-state index in [0.29, 0.717) is 12.4 Å². The van der Waals surface area contributed by atoms with Gasteiger partial charge in [-0.05, 0) is 48.0 Å². The molecule has 0 radical (unpaired) electrons. The number of hydrogen-bond donors (Lipinski definition) is 1. The van der Waals surface area contributed by atoms with Crippen LogP contribution in [0.15, 0.2) is 72.9 Å². The van der Waals surface area contributed by atoms with Crippen LogP contribution in [0.1, 0.15) is 11.3 Å². The second-order valence-corrected chi connectivity index (χ2v) is 5.63. The van der Waals surface area contributed by atoms with Crippen molar-refractivity contribution in [2.75, 3.05) is 5.32 Å². The van der Waals surface area contributed by atoms with Gasteiger partial charge in [-0.25, -0.2) is 8.78 Å². The number of nitrogens with one attached hydrogen (secondary N) is 1. The third-order valence-electron chi connectivity index (χ3n) is 3.61. The van der Waals surface area contributed by atoms with Gasteiger partial charge in [-0.15, -0.1) is 0 Å². The van der Waals surface area contributed by atoms with E-state index in [-0.39, 0.29) is 5.69 Å². The normalized spacial score (nSPS) is 10.7. The first-order valence-corrected chi connectivity index (χ1v) is 8.17. The van der Waals surface area contributed by atoms with E-state index in [9.17, 15) is 13.6 Å². The smallest absolute Gasteiger partial charge is 0.248 e. The van der Waals surface area contributed by atoms with Crippen LogP contribution in [-0.2, 0) is 11.4 Å². The molecule has 1 amide bonds. The Morgan fingerprint density at radius 2 is 1.85 bits per heavy atom. The van der Waals surface area contributed by atoms with Crippen molar-refractivity contribution < 1.29 is 18.3 Å². The number of benzene rings is 2. The number of nitrogens with zero attached hydrogens (tertiary/aromatic N) is 1. The van der Waals surface area contributed by atoms with Gasteiger partial charge >= 0.3 is 0 Å². The van der Waals surface area contributed by atoms with E-state index in [0.717, 1.165) is 23.4 Å². The molecule has 0 spiro atoms. The second-order valence-electron chi connectivity index (χ2n) is 5.63. The molecule has 0 aliphatic carbocycles. The first-order chi connectivity index (χ1) is 13.1. The molecular formula is C21H16F2N2O2. The van der Waals surface area contributed by atoms with Gasteiger partial charge in [0.15, 0.2) is 11.6 Å². The van der Waals surface area contributed by atoms with Crippen molar-refractivity contribution in [3.8, 4) is 5.75 Å². The van der Waals surface area contributed by atoms with Crippen molar-refractivity contribution in [3.05, 3.63) is 95.8 Å². The zero-order valence-electron chi connectivity index (χ0n) is 14.2. The lowest BCUT2D eigenvalue weighted by Gasteiger charge is -2.06. The molecule has 1 heterocycles. The summed E-state index contributed by atoms with van der Waals surface area (Å²) in [6.07, 6.45) is 4.63. The molecule has 0 aliphatic heterocycles. The molecule has 0 saturated heterocycles. The standard InChI is InChI=1S/C21H16F2N2O2/c22-19-10-7-16(13-20(19)23)25-21(26)11-6-15-4-8-18(9-5-15)27-14-17-3-1-2-12-24-17/h1-13H,14H2,(H,25,26)/b11-6+. The Kier molecular flexibility index (Phi) is 5.89. The predicted molar refractivity (Wildman–Crippen MR) is 99.0 cm³/mol. The molecular weight excluding hydrogens is 350 g/mol. The fourth-order valence-corrected chi connectivity index (χ4v) is 2.25. The summed E-state index contributed by atoms with van der Waals surface area (Å²) in [6, 6.07) is 16.0. The van der Waals surface area contributed by atoms with Crippen LogP contribution in [0.25, 0.3) is 6.08 Å². The summed E-state index contributed by atoms with van der Waals surface area (Å²) in [5, 5.41) is 2.47. The van der Waals surface area contributed by atoms with Gasteiger partial charge < -0.3 is 10.1 Å². The van der Waals surface area contributed by atoms with Gasteiger partial charge in [0.05, 0.1) is 5.69 Å². The van der Waals surface area contributed by atoms with E-state index >= 15 is 0 Å². The lowest BCUT2D eigenvalue weighted by atomic mass is 10.2. The number of anilines is 1. The number of carbonyl (C=O) groups excluding carboxylic acids is 1. The summed E-state index contributed by atoms with van der Waals surface area (Å²) in [6.45, 7) is 0.368. The Hall–Kier alpha value is -3.54. The average molecular weight is 366 g/mol. The SMILES string of the molecule is O=C(/C=C/c1ccc(OCc2ccccn2)cc1)Nc1ccc(F)c(F)c1. The molecule has 0 bridgehead atoms. The number of rotatable bonds is 6. The van der Waals surface area contributed by atoms with E-state index in [1.807, 2.05) is 18.2 Å². The van der Waals surface area contributed by atoms with Gasteiger partial charge in [-0.3, -0.25) is 9.78 Å². The molecule has 1 aromatic heterocycles. The number of carbonyl (C=O) groups is 1. The van der Waals surface area contributed by atoms with Crippen molar-refractivity contribution in [2.45, 2.75) is 6.61 Å². The topological polar surface area (TPSA) is 51.2 Å². The minimum Gasteiger partial charge on any atom is -0.487 e. The maximum atomic E-state index is 13.1. The van der Waals surface area contributed by atoms with Crippen molar-refractivity contribution in [1.29, 1.82) is 0 Å². The Labute approximate surface area is 155 Å². The van der Waals surface area contributed by atoms with Crippen LogP contribution in [0.3, 0.4) is 0 Å². The number of aromatic nitrogens is 1. The molecule has 3 rings (SSSR count). The van der Waals surface area contributed by atoms with Gasteiger partial charge in [-0.2, -0.15) is 0 Å². The number of pyridine rings is 1. The first-order valence-electron chi connectivity index (χ1n) is 8.17. The highest BCUT2D eigenvalue weighted by atomic mass is 19.2. The zero-order valence-corrected chi connectivity index (χ0v) is 14.2. The Bertz CT molecular complexity index is 942. The van der Waals surface area contributed by atoms with Crippen LogP contribution >= 0.6 is 0 Å². The Morgan fingerprint density at radius 3 is 2.56 bits per heavy atom. The molecule has 0 fully saturated rings. The fourth-order valence-electron chi connectivity index (χ4n) is 2.25. The van der Waals surface area contributed by atoms with Crippen molar-refractivity contribution in [3.63, 3.8) is 0 Å².